The van der Waals surface area contributed by atoms with Gasteiger partial charge in [-0.15, -0.1) is 6.58 Å². The number of carbonyl (C=O) groups is 3. The molecule has 1 aliphatic heterocycles. The number of likely N-dealkylation sites (tertiary alicyclic amines) is 1. The van der Waals surface area contributed by atoms with Gasteiger partial charge in [0.1, 0.15) is 6.04 Å². The molecule has 21 heavy (non-hydrogen) atoms. The van der Waals surface area contributed by atoms with E-state index < -0.39 is 12.0 Å². The number of rotatable bonds is 6. The van der Waals surface area contributed by atoms with Crippen molar-refractivity contribution < 1.29 is 19.5 Å². The largest absolute Gasteiger partial charge is 0.480 e. The first kappa shape index (κ1) is 15.5. The summed E-state index contributed by atoms with van der Waals surface area (Å²) in [6.07, 6.45) is 5.05. The van der Waals surface area contributed by atoms with Gasteiger partial charge in [0.15, 0.2) is 0 Å². The van der Waals surface area contributed by atoms with Crippen molar-refractivity contribution in [3.05, 3.63) is 12.7 Å². The van der Waals surface area contributed by atoms with Crippen LogP contribution >= 0.6 is 0 Å². The summed E-state index contributed by atoms with van der Waals surface area (Å²) in [5.74, 6) is -1.36. The summed E-state index contributed by atoms with van der Waals surface area (Å²) >= 11 is 0. The number of nitrogens with one attached hydrogen (secondary N) is 1. The number of carboxylic acids is 1. The summed E-state index contributed by atoms with van der Waals surface area (Å²) in [5, 5.41) is 11.6. The number of nitrogens with zero attached hydrogens (tertiary/aromatic N) is 1. The third-order valence-corrected chi connectivity index (χ3v) is 4.05. The van der Waals surface area contributed by atoms with Gasteiger partial charge in [0.2, 0.25) is 11.8 Å². The molecule has 6 heteroatoms. The molecule has 0 spiro atoms. The fraction of sp³-hybridized carbons (Fsp3) is 0.667. The molecular formula is C15H22N2O4. The van der Waals surface area contributed by atoms with Gasteiger partial charge in [0, 0.05) is 19.0 Å². The summed E-state index contributed by atoms with van der Waals surface area (Å²) in [6, 6.07) is -0.940. The number of carbonyl (C=O) groups excluding carboxylic acids is 2. The average Bonchev–Trinajstić information content (AvgIpc) is 3.30. The second-order valence-corrected chi connectivity index (χ2v) is 5.82. The number of hydrogen-bond donors (Lipinski definition) is 2. The molecule has 1 aliphatic carbocycles. The van der Waals surface area contributed by atoms with E-state index in [0.29, 0.717) is 19.5 Å². The molecule has 1 saturated heterocycles. The number of amides is 2. The van der Waals surface area contributed by atoms with Crippen LogP contribution in [0.3, 0.4) is 0 Å². The van der Waals surface area contributed by atoms with Crippen molar-refractivity contribution in [1.82, 2.24) is 10.2 Å². The molecule has 2 fully saturated rings. The van der Waals surface area contributed by atoms with Gasteiger partial charge < -0.3 is 15.3 Å². The normalized spacial score (nSPS) is 23.2. The molecule has 0 aromatic heterocycles. The predicted molar refractivity (Wildman–Crippen MR) is 76.4 cm³/mol. The van der Waals surface area contributed by atoms with Gasteiger partial charge in [-0.05, 0) is 32.1 Å². The van der Waals surface area contributed by atoms with Crippen LogP contribution in [0.5, 0.6) is 0 Å². The highest BCUT2D eigenvalue weighted by Crippen LogP contribution is 2.32. The van der Waals surface area contributed by atoms with Crippen LogP contribution in [-0.2, 0) is 14.4 Å². The van der Waals surface area contributed by atoms with E-state index in [1.807, 2.05) is 0 Å². The van der Waals surface area contributed by atoms with Gasteiger partial charge in [-0.25, -0.2) is 4.79 Å². The van der Waals surface area contributed by atoms with E-state index >= 15 is 0 Å². The van der Waals surface area contributed by atoms with Crippen molar-refractivity contribution in [1.29, 1.82) is 0 Å². The van der Waals surface area contributed by atoms with Crippen molar-refractivity contribution in [2.75, 3.05) is 13.1 Å². The van der Waals surface area contributed by atoms with Gasteiger partial charge in [-0.1, -0.05) is 6.08 Å². The standard InChI is InChI=1S/C15H22N2O4/c1-2-4-12(15(20)21)16-13(18)11-5-3-8-17(9-11)14(19)10-6-7-10/h2,10-12H,1,3-9H2,(H,16,18)(H,20,21). The molecule has 2 amide bonds. The van der Waals surface area contributed by atoms with Crippen molar-refractivity contribution >= 4 is 17.8 Å². The molecular weight excluding hydrogens is 272 g/mol. The second kappa shape index (κ2) is 6.74. The highest BCUT2D eigenvalue weighted by Gasteiger charge is 2.37. The number of hydrogen-bond acceptors (Lipinski definition) is 3. The van der Waals surface area contributed by atoms with Gasteiger partial charge in [-0.2, -0.15) is 0 Å². The van der Waals surface area contributed by atoms with Crippen LogP contribution < -0.4 is 5.32 Å². The van der Waals surface area contributed by atoms with E-state index in [-0.39, 0.29) is 30.1 Å². The molecule has 0 aromatic rings. The minimum Gasteiger partial charge on any atom is -0.480 e. The minimum absolute atomic E-state index is 0.147. The van der Waals surface area contributed by atoms with Crippen molar-refractivity contribution in [2.45, 2.75) is 38.1 Å². The maximum Gasteiger partial charge on any atom is 0.326 e. The average molecular weight is 294 g/mol. The van der Waals surface area contributed by atoms with Crippen molar-refractivity contribution in [3.8, 4) is 0 Å². The van der Waals surface area contributed by atoms with Crippen LogP contribution in [0.15, 0.2) is 12.7 Å². The summed E-state index contributed by atoms with van der Waals surface area (Å²) in [6.45, 7) is 4.60. The zero-order valence-corrected chi connectivity index (χ0v) is 12.1. The molecule has 1 heterocycles. The summed E-state index contributed by atoms with van der Waals surface area (Å²) < 4.78 is 0. The first-order valence-electron chi connectivity index (χ1n) is 7.45. The SMILES string of the molecule is C=CCC(NC(=O)C1CCCN(C(=O)C2CC2)C1)C(=O)O. The zero-order valence-electron chi connectivity index (χ0n) is 12.1. The Morgan fingerprint density at radius 1 is 1.29 bits per heavy atom. The first-order valence-corrected chi connectivity index (χ1v) is 7.45. The lowest BCUT2D eigenvalue weighted by atomic mass is 9.96. The molecule has 0 radical (unpaired) electrons. The summed E-state index contributed by atoms with van der Waals surface area (Å²) in [5.41, 5.74) is 0. The molecule has 0 aromatic carbocycles. The molecule has 6 nitrogen and oxygen atoms in total. The van der Waals surface area contributed by atoms with Crippen LogP contribution in [0.2, 0.25) is 0 Å². The predicted octanol–water partition coefficient (Wildman–Crippen LogP) is 0.780. The molecule has 1 saturated carbocycles. The van der Waals surface area contributed by atoms with Crippen LogP contribution in [0.25, 0.3) is 0 Å². The zero-order chi connectivity index (χ0) is 15.4. The van der Waals surface area contributed by atoms with Gasteiger partial charge in [-0.3, -0.25) is 9.59 Å². The molecule has 116 valence electrons. The number of piperidine rings is 1. The Morgan fingerprint density at radius 2 is 2.00 bits per heavy atom. The Bertz CT molecular complexity index is 445. The Labute approximate surface area is 124 Å². The molecule has 2 N–H and O–H groups in total. The van der Waals surface area contributed by atoms with Crippen LogP contribution in [-0.4, -0.2) is 46.9 Å². The maximum atomic E-state index is 12.2. The van der Waals surface area contributed by atoms with E-state index in [1.165, 1.54) is 6.08 Å². The Morgan fingerprint density at radius 3 is 2.57 bits per heavy atom. The van der Waals surface area contributed by atoms with Crippen LogP contribution in [0, 0.1) is 11.8 Å². The van der Waals surface area contributed by atoms with Gasteiger partial charge in [0.05, 0.1) is 5.92 Å². The fourth-order valence-corrected chi connectivity index (χ4v) is 2.66. The summed E-state index contributed by atoms with van der Waals surface area (Å²) in [4.78, 5) is 37.1. The van der Waals surface area contributed by atoms with E-state index in [0.717, 1.165) is 19.3 Å². The van der Waals surface area contributed by atoms with Gasteiger partial charge in [0.25, 0.3) is 0 Å². The Balaban J connectivity index is 1.90. The number of carboxylic acid groups (broad SMARTS) is 1. The third kappa shape index (κ3) is 4.06. The first-order chi connectivity index (χ1) is 10.0. The van der Waals surface area contributed by atoms with E-state index in [2.05, 4.69) is 11.9 Å². The third-order valence-electron chi connectivity index (χ3n) is 4.05. The van der Waals surface area contributed by atoms with Crippen LogP contribution in [0.4, 0.5) is 0 Å². The van der Waals surface area contributed by atoms with E-state index in [4.69, 9.17) is 5.11 Å². The highest BCUT2D eigenvalue weighted by molar-refractivity contribution is 5.86. The van der Waals surface area contributed by atoms with Crippen molar-refractivity contribution in [2.24, 2.45) is 11.8 Å². The Hall–Kier alpha value is -1.85. The maximum absolute atomic E-state index is 12.2. The molecule has 2 aliphatic rings. The smallest absolute Gasteiger partial charge is 0.326 e. The minimum atomic E-state index is -1.06. The number of aliphatic carboxylic acids is 1. The molecule has 2 atom stereocenters. The monoisotopic (exact) mass is 294 g/mol. The van der Waals surface area contributed by atoms with Crippen LogP contribution in [0.1, 0.15) is 32.1 Å². The fourth-order valence-electron chi connectivity index (χ4n) is 2.66. The topological polar surface area (TPSA) is 86.7 Å². The lowest BCUT2D eigenvalue weighted by molar-refractivity contribution is -0.143. The molecule has 2 unspecified atom stereocenters. The lowest BCUT2D eigenvalue weighted by Crippen LogP contribution is -2.49. The van der Waals surface area contributed by atoms with Crippen molar-refractivity contribution in [3.63, 3.8) is 0 Å². The van der Waals surface area contributed by atoms with E-state index in [9.17, 15) is 14.4 Å². The highest BCUT2D eigenvalue weighted by atomic mass is 16.4. The van der Waals surface area contributed by atoms with E-state index in [1.54, 1.807) is 4.90 Å². The second-order valence-electron chi connectivity index (χ2n) is 5.82. The Kier molecular flexibility index (Phi) is 4.98. The molecule has 0 bridgehead atoms. The van der Waals surface area contributed by atoms with Gasteiger partial charge >= 0.3 is 5.97 Å². The lowest BCUT2D eigenvalue weighted by Gasteiger charge is -2.32. The summed E-state index contributed by atoms with van der Waals surface area (Å²) in [7, 11) is 0. The quantitative estimate of drug-likeness (QED) is 0.709. The molecule has 2 rings (SSSR count).